The first-order valence-electron chi connectivity index (χ1n) is 6.34. The van der Waals surface area contributed by atoms with Crippen molar-refractivity contribution in [2.45, 2.75) is 65.0 Å². The highest BCUT2D eigenvalue weighted by molar-refractivity contribution is 5.75. The Hall–Kier alpha value is -0.570. The topological polar surface area (TPSA) is 55.1 Å². The fourth-order valence-electron chi connectivity index (χ4n) is 3.10. The molecule has 3 heteroatoms. The Morgan fingerprint density at radius 2 is 1.75 bits per heavy atom. The average molecular weight is 226 g/mol. The third-order valence-corrected chi connectivity index (χ3v) is 3.39. The van der Waals surface area contributed by atoms with Crippen molar-refractivity contribution >= 4 is 5.91 Å². The van der Waals surface area contributed by atoms with E-state index in [-0.39, 0.29) is 11.4 Å². The molecule has 0 saturated heterocycles. The molecule has 0 aromatic rings. The molecular formula is C13H26N2O. The molecule has 0 aliphatic heterocycles. The summed E-state index contributed by atoms with van der Waals surface area (Å²) in [6, 6.07) is 0.535. The molecule has 1 aliphatic carbocycles. The first kappa shape index (κ1) is 13.5. The van der Waals surface area contributed by atoms with Gasteiger partial charge in [0.2, 0.25) is 5.91 Å². The van der Waals surface area contributed by atoms with Crippen LogP contribution in [0.4, 0.5) is 0 Å². The van der Waals surface area contributed by atoms with Gasteiger partial charge in [0.05, 0.1) is 0 Å². The number of carbonyl (C=O) groups is 1. The molecular weight excluding hydrogens is 200 g/mol. The molecule has 1 aliphatic rings. The van der Waals surface area contributed by atoms with Crippen LogP contribution in [-0.2, 0) is 4.79 Å². The summed E-state index contributed by atoms with van der Waals surface area (Å²) in [5, 5.41) is 3.59. The Bertz CT molecular complexity index is 240. The lowest BCUT2D eigenvalue weighted by molar-refractivity contribution is -0.119. The zero-order valence-electron chi connectivity index (χ0n) is 11.0. The lowest BCUT2D eigenvalue weighted by Gasteiger charge is -2.37. The molecule has 0 aromatic carbocycles. The predicted octanol–water partition coefficient (Wildman–Crippen LogP) is 2.05. The fraction of sp³-hybridized carbons (Fsp3) is 0.923. The van der Waals surface area contributed by atoms with Crippen LogP contribution in [0.1, 0.15) is 53.4 Å². The Balaban J connectivity index is 2.49. The van der Waals surface area contributed by atoms with Crippen LogP contribution in [-0.4, -0.2) is 17.5 Å². The minimum atomic E-state index is -0.227. The Morgan fingerprint density at radius 1 is 1.25 bits per heavy atom. The van der Waals surface area contributed by atoms with Gasteiger partial charge in [-0.2, -0.15) is 0 Å². The van der Waals surface area contributed by atoms with Crippen molar-refractivity contribution < 1.29 is 4.79 Å². The molecule has 1 amide bonds. The minimum absolute atomic E-state index is 0.173. The molecule has 2 atom stereocenters. The molecule has 0 spiro atoms. The van der Waals surface area contributed by atoms with E-state index in [9.17, 15) is 4.79 Å². The number of nitrogens with one attached hydrogen (secondary N) is 1. The van der Waals surface area contributed by atoms with Gasteiger partial charge in [0.1, 0.15) is 0 Å². The van der Waals surface area contributed by atoms with E-state index >= 15 is 0 Å². The minimum Gasteiger partial charge on any atom is -0.370 e. The van der Waals surface area contributed by atoms with Gasteiger partial charge in [-0.25, -0.2) is 0 Å². The first-order valence-corrected chi connectivity index (χ1v) is 6.34. The van der Waals surface area contributed by atoms with Crippen LogP contribution in [0.25, 0.3) is 0 Å². The van der Waals surface area contributed by atoms with E-state index in [1.54, 1.807) is 0 Å². The van der Waals surface area contributed by atoms with Gasteiger partial charge in [0.15, 0.2) is 0 Å². The van der Waals surface area contributed by atoms with Gasteiger partial charge in [-0.1, -0.05) is 13.8 Å². The smallest absolute Gasteiger partial charge is 0.219 e. The summed E-state index contributed by atoms with van der Waals surface area (Å²) < 4.78 is 0. The summed E-state index contributed by atoms with van der Waals surface area (Å²) >= 11 is 0. The third kappa shape index (κ3) is 4.52. The standard InChI is InChI=1S/C13H26N2O/c1-9-5-10(2)7-11(6-9)15-13(3,4)8-12(14)16/h9-11,15H,5-8H2,1-4H3,(H2,14,16). The molecule has 1 saturated carbocycles. The highest BCUT2D eigenvalue weighted by Crippen LogP contribution is 2.29. The van der Waals surface area contributed by atoms with Crippen LogP contribution in [0.2, 0.25) is 0 Å². The maximum absolute atomic E-state index is 11.0. The highest BCUT2D eigenvalue weighted by Gasteiger charge is 2.29. The van der Waals surface area contributed by atoms with E-state index in [2.05, 4.69) is 33.0 Å². The van der Waals surface area contributed by atoms with E-state index in [0.29, 0.717) is 12.5 Å². The summed E-state index contributed by atoms with van der Waals surface area (Å²) in [4.78, 5) is 11.0. The predicted molar refractivity (Wildman–Crippen MR) is 67.0 cm³/mol. The van der Waals surface area contributed by atoms with Gasteiger partial charge in [-0.3, -0.25) is 4.79 Å². The van der Waals surface area contributed by atoms with E-state index in [4.69, 9.17) is 5.73 Å². The second kappa shape index (κ2) is 5.17. The van der Waals surface area contributed by atoms with Crippen LogP contribution < -0.4 is 11.1 Å². The van der Waals surface area contributed by atoms with Gasteiger partial charge in [-0.05, 0) is 44.9 Å². The van der Waals surface area contributed by atoms with Crippen LogP contribution in [0, 0.1) is 11.8 Å². The maximum Gasteiger partial charge on any atom is 0.219 e. The van der Waals surface area contributed by atoms with E-state index in [1.165, 1.54) is 19.3 Å². The molecule has 0 aromatic heterocycles. The van der Waals surface area contributed by atoms with Crippen molar-refractivity contribution in [2.24, 2.45) is 17.6 Å². The molecule has 0 radical (unpaired) electrons. The van der Waals surface area contributed by atoms with Gasteiger partial charge in [0.25, 0.3) is 0 Å². The number of carbonyl (C=O) groups excluding carboxylic acids is 1. The monoisotopic (exact) mass is 226 g/mol. The summed E-state index contributed by atoms with van der Waals surface area (Å²) in [6.07, 6.45) is 4.17. The SMILES string of the molecule is CC1CC(C)CC(NC(C)(C)CC(N)=O)C1. The van der Waals surface area contributed by atoms with E-state index in [0.717, 1.165) is 11.8 Å². The number of nitrogens with two attached hydrogens (primary N) is 1. The van der Waals surface area contributed by atoms with Crippen molar-refractivity contribution in [2.75, 3.05) is 0 Å². The molecule has 3 nitrogen and oxygen atoms in total. The van der Waals surface area contributed by atoms with Crippen LogP contribution in [0.5, 0.6) is 0 Å². The molecule has 0 heterocycles. The van der Waals surface area contributed by atoms with Crippen molar-refractivity contribution in [1.82, 2.24) is 5.32 Å². The summed E-state index contributed by atoms with van der Waals surface area (Å²) in [7, 11) is 0. The number of primary amides is 1. The molecule has 1 rings (SSSR count). The Kier molecular flexibility index (Phi) is 4.36. The second-order valence-corrected chi connectivity index (χ2v) is 6.29. The second-order valence-electron chi connectivity index (χ2n) is 6.29. The zero-order valence-corrected chi connectivity index (χ0v) is 11.0. The van der Waals surface area contributed by atoms with Gasteiger partial charge in [-0.15, -0.1) is 0 Å². The van der Waals surface area contributed by atoms with Crippen molar-refractivity contribution in [3.05, 3.63) is 0 Å². The van der Waals surface area contributed by atoms with Gasteiger partial charge < -0.3 is 11.1 Å². The van der Waals surface area contributed by atoms with Gasteiger partial charge in [0, 0.05) is 18.0 Å². The number of hydrogen-bond acceptors (Lipinski definition) is 2. The van der Waals surface area contributed by atoms with E-state index in [1.807, 2.05) is 0 Å². The van der Waals surface area contributed by atoms with E-state index < -0.39 is 0 Å². The number of amides is 1. The molecule has 3 N–H and O–H groups in total. The third-order valence-electron chi connectivity index (χ3n) is 3.39. The highest BCUT2D eigenvalue weighted by atomic mass is 16.1. The Labute approximate surface area is 99.2 Å². The average Bonchev–Trinajstić information content (AvgIpc) is 1.95. The normalized spacial score (nSPS) is 31.4. The Morgan fingerprint density at radius 3 is 2.19 bits per heavy atom. The van der Waals surface area contributed by atoms with Crippen molar-refractivity contribution in [3.63, 3.8) is 0 Å². The summed E-state index contributed by atoms with van der Waals surface area (Å²) in [5.74, 6) is 1.34. The summed E-state index contributed by atoms with van der Waals surface area (Å²) in [6.45, 7) is 8.74. The molecule has 1 fully saturated rings. The van der Waals surface area contributed by atoms with Crippen LogP contribution >= 0.6 is 0 Å². The quantitative estimate of drug-likeness (QED) is 0.771. The van der Waals surface area contributed by atoms with Crippen LogP contribution in [0.3, 0.4) is 0 Å². The van der Waals surface area contributed by atoms with Gasteiger partial charge >= 0.3 is 0 Å². The number of rotatable bonds is 4. The lowest BCUT2D eigenvalue weighted by atomic mass is 9.79. The first-order chi connectivity index (χ1) is 7.28. The largest absolute Gasteiger partial charge is 0.370 e. The molecule has 16 heavy (non-hydrogen) atoms. The zero-order chi connectivity index (χ0) is 12.3. The molecule has 2 unspecified atom stereocenters. The lowest BCUT2D eigenvalue weighted by Crippen LogP contribution is -2.50. The van der Waals surface area contributed by atoms with Crippen molar-refractivity contribution in [3.8, 4) is 0 Å². The summed E-state index contributed by atoms with van der Waals surface area (Å²) in [5.41, 5.74) is 5.09. The fourth-order valence-corrected chi connectivity index (χ4v) is 3.10. The molecule has 0 bridgehead atoms. The van der Waals surface area contributed by atoms with Crippen molar-refractivity contribution in [1.29, 1.82) is 0 Å². The molecule has 94 valence electrons. The van der Waals surface area contributed by atoms with Crippen LogP contribution in [0.15, 0.2) is 0 Å². The number of hydrogen-bond donors (Lipinski definition) is 2. The maximum atomic E-state index is 11.0.